The van der Waals surface area contributed by atoms with Gasteiger partial charge in [-0.25, -0.2) is 4.79 Å². The van der Waals surface area contributed by atoms with Crippen molar-refractivity contribution < 1.29 is 23.1 Å². The summed E-state index contributed by atoms with van der Waals surface area (Å²) in [6, 6.07) is 1.40. The highest BCUT2D eigenvalue weighted by molar-refractivity contribution is 6.34. The molecule has 0 aromatic heterocycles. The standard InChI is InChI=1S/C11H12ClF3N2O2/c1-5(4-11(13,14)15)17-9-7(10(18)19)2-6(16)3-8(9)12/h2-3,5,17H,4,16H2,1H3,(H,18,19). The Kier molecular flexibility index (Phi) is 4.52. The number of hydrogen-bond acceptors (Lipinski definition) is 3. The molecule has 0 saturated carbocycles. The second kappa shape index (κ2) is 5.56. The van der Waals surface area contributed by atoms with Gasteiger partial charge in [0.05, 0.1) is 22.7 Å². The predicted octanol–water partition coefficient (Wildman–Crippen LogP) is 3.37. The molecule has 1 atom stereocenters. The largest absolute Gasteiger partial charge is 0.478 e. The Balaban J connectivity index is 3.03. The van der Waals surface area contributed by atoms with Gasteiger partial charge in [0.1, 0.15) is 0 Å². The zero-order chi connectivity index (χ0) is 14.8. The van der Waals surface area contributed by atoms with Gasteiger partial charge in [-0.05, 0) is 19.1 Å². The third kappa shape index (κ3) is 4.51. The summed E-state index contributed by atoms with van der Waals surface area (Å²) < 4.78 is 36.7. The summed E-state index contributed by atoms with van der Waals surface area (Å²) in [6.45, 7) is 1.28. The van der Waals surface area contributed by atoms with Gasteiger partial charge in [-0.3, -0.25) is 0 Å². The van der Waals surface area contributed by atoms with E-state index >= 15 is 0 Å². The van der Waals surface area contributed by atoms with E-state index in [2.05, 4.69) is 5.32 Å². The number of nitrogens with one attached hydrogen (secondary N) is 1. The number of hydrogen-bond donors (Lipinski definition) is 3. The minimum Gasteiger partial charge on any atom is -0.478 e. The van der Waals surface area contributed by atoms with Crippen LogP contribution in [0.2, 0.25) is 5.02 Å². The summed E-state index contributed by atoms with van der Waals surface area (Å²) in [5.41, 5.74) is 5.23. The Morgan fingerprint density at radius 3 is 2.58 bits per heavy atom. The van der Waals surface area contributed by atoms with Gasteiger partial charge in [0, 0.05) is 11.7 Å². The fourth-order valence-corrected chi connectivity index (χ4v) is 1.87. The van der Waals surface area contributed by atoms with E-state index in [0.717, 1.165) is 6.07 Å². The van der Waals surface area contributed by atoms with Gasteiger partial charge in [0.15, 0.2) is 0 Å². The van der Waals surface area contributed by atoms with Gasteiger partial charge in [0.25, 0.3) is 0 Å². The van der Waals surface area contributed by atoms with E-state index in [4.69, 9.17) is 22.4 Å². The monoisotopic (exact) mass is 296 g/mol. The van der Waals surface area contributed by atoms with E-state index in [1.54, 1.807) is 0 Å². The van der Waals surface area contributed by atoms with Crippen LogP contribution in [0.25, 0.3) is 0 Å². The lowest BCUT2D eigenvalue weighted by Gasteiger charge is -2.19. The van der Waals surface area contributed by atoms with Crippen molar-refractivity contribution in [2.24, 2.45) is 0 Å². The first kappa shape index (κ1) is 15.4. The number of halogens is 4. The molecule has 1 aromatic carbocycles. The normalized spacial score (nSPS) is 13.1. The molecule has 0 aliphatic rings. The number of anilines is 2. The second-order valence-corrected chi connectivity index (χ2v) is 4.50. The van der Waals surface area contributed by atoms with Crippen LogP contribution in [0.4, 0.5) is 24.5 Å². The number of carboxylic acid groups (broad SMARTS) is 1. The van der Waals surface area contributed by atoms with E-state index in [-0.39, 0.29) is 22.0 Å². The summed E-state index contributed by atoms with van der Waals surface area (Å²) >= 11 is 5.81. The average molecular weight is 297 g/mol. The Hall–Kier alpha value is -1.63. The Morgan fingerprint density at radius 1 is 1.53 bits per heavy atom. The molecule has 4 nitrogen and oxygen atoms in total. The maximum Gasteiger partial charge on any atom is 0.391 e. The predicted molar refractivity (Wildman–Crippen MR) is 66.6 cm³/mol. The number of carboxylic acids is 1. The van der Waals surface area contributed by atoms with Crippen molar-refractivity contribution in [2.75, 3.05) is 11.1 Å². The summed E-state index contributed by atoms with van der Waals surface area (Å²) in [5.74, 6) is -1.32. The highest BCUT2D eigenvalue weighted by Gasteiger charge is 2.30. The van der Waals surface area contributed by atoms with E-state index in [0.29, 0.717) is 0 Å². The first-order chi connectivity index (χ1) is 8.60. The van der Waals surface area contributed by atoms with Crippen LogP contribution in [0.1, 0.15) is 23.7 Å². The van der Waals surface area contributed by atoms with Crippen LogP contribution in [-0.4, -0.2) is 23.3 Å². The van der Waals surface area contributed by atoms with Gasteiger partial charge in [-0.15, -0.1) is 0 Å². The molecule has 0 heterocycles. The lowest BCUT2D eigenvalue weighted by atomic mass is 10.1. The highest BCUT2D eigenvalue weighted by atomic mass is 35.5. The summed E-state index contributed by atoms with van der Waals surface area (Å²) in [6.07, 6.45) is -5.46. The molecule has 19 heavy (non-hydrogen) atoms. The molecule has 0 aliphatic heterocycles. The third-order valence-corrected chi connectivity index (χ3v) is 2.57. The van der Waals surface area contributed by atoms with Gasteiger partial charge in [0.2, 0.25) is 0 Å². The Labute approximate surface area is 112 Å². The van der Waals surface area contributed by atoms with Crippen molar-refractivity contribution in [1.29, 1.82) is 0 Å². The van der Waals surface area contributed by atoms with E-state index in [1.165, 1.54) is 13.0 Å². The molecule has 0 radical (unpaired) electrons. The second-order valence-electron chi connectivity index (χ2n) is 4.10. The van der Waals surface area contributed by atoms with Crippen LogP contribution >= 0.6 is 11.6 Å². The molecule has 0 amide bonds. The van der Waals surface area contributed by atoms with Crippen LogP contribution in [0.5, 0.6) is 0 Å². The van der Waals surface area contributed by atoms with Crippen LogP contribution in [0.15, 0.2) is 12.1 Å². The van der Waals surface area contributed by atoms with Crippen molar-refractivity contribution in [3.63, 3.8) is 0 Å². The number of nitrogen functional groups attached to an aromatic ring is 1. The Bertz CT molecular complexity index is 492. The van der Waals surface area contributed by atoms with Gasteiger partial charge in [-0.2, -0.15) is 13.2 Å². The van der Waals surface area contributed by atoms with Crippen LogP contribution < -0.4 is 11.1 Å². The molecule has 0 aliphatic carbocycles. The smallest absolute Gasteiger partial charge is 0.391 e. The van der Waals surface area contributed by atoms with Crippen molar-refractivity contribution in [3.8, 4) is 0 Å². The third-order valence-electron chi connectivity index (χ3n) is 2.27. The number of benzene rings is 1. The molecular weight excluding hydrogens is 285 g/mol. The lowest BCUT2D eigenvalue weighted by molar-refractivity contribution is -0.136. The first-order valence-electron chi connectivity index (χ1n) is 5.25. The number of rotatable bonds is 4. The molecule has 4 N–H and O–H groups in total. The summed E-state index contributed by atoms with van der Waals surface area (Å²) in [4.78, 5) is 11.0. The SMILES string of the molecule is CC(CC(F)(F)F)Nc1c(Cl)cc(N)cc1C(=O)O. The molecule has 0 fully saturated rings. The van der Waals surface area contributed by atoms with Crippen molar-refractivity contribution in [2.45, 2.75) is 25.6 Å². The topological polar surface area (TPSA) is 75.3 Å². The highest BCUT2D eigenvalue weighted by Crippen LogP contribution is 2.31. The number of aromatic carboxylic acids is 1. The molecule has 1 unspecified atom stereocenters. The molecular formula is C11H12ClF3N2O2. The fourth-order valence-electron chi connectivity index (χ4n) is 1.59. The molecule has 0 saturated heterocycles. The number of nitrogens with two attached hydrogens (primary N) is 1. The first-order valence-corrected chi connectivity index (χ1v) is 5.63. The molecule has 1 rings (SSSR count). The van der Waals surface area contributed by atoms with E-state index in [1.807, 2.05) is 0 Å². The van der Waals surface area contributed by atoms with Crippen LogP contribution in [-0.2, 0) is 0 Å². The number of alkyl halides is 3. The number of carbonyl (C=O) groups is 1. The Morgan fingerprint density at radius 2 is 2.11 bits per heavy atom. The minimum absolute atomic E-state index is 0.0357. The molecule has 1 aromatic rings. The van der Waals surface area contributed by atoms with Crippen molar-refractivity contribution >= 4 is 28.9 Å². The maximum absolute atomic E-state index is 12.2. The van der Waals surface area contributed by atoms with Gasteiger partial charge >= 0.3 is 12.1 Å². The molecule has 8 heteroatoms. The quantitative estimate of drug-likeness (QED) is 0.745. The maximum atomic E-state index is 12.2. The summed E-state index contributed by atoms with van der Waals surface area (Å²) in [5, 5.41) is 11.4. The van der Waals surface area contributed by atoms with Gasteiger partial charge < -0.3 is 16.2 Å². The van der Waals surface area contributed by atoms with E-state index < -0.39 is 24.6 Å². The van der Waals surface area contributed by atoms with Crippen LogP contribution in [0, 0.1) is 0 Å². The zero-order valence-electron chi connectivity index (χ0n) is 9.88. The lowest BCUT2D eigenvalue weighted by Crippen LogP contribution is -2.25. The zero-order valence-corrected chi connectivity index (χ0v) is 10.6. The van der Waals surface area contributed by atoms with Crippen LogP contribution in [0.3, 0.4) is 0 Å². The average Bonchev–Trinajstić information content (AvgIpc) is 2.18. The van der Waals surface area contributed by atoms with Crippen molar-refractivity contribution in [3.05, 3.63) is 22.7 Å². The molecule has 106 valence electrons. The molecule has 0 bridgehead atoms. The fraction of sp³-hybridized carbons (Fsp3) is 0.364. The minimum atomic E-state index is -4.35. The molecule has 0 spiro atoms. The van der Waals surface area contributed by atoms with Crippen molar-refractivity contribution in [1.82, 2.24) is 0 Å². The summed E-state index contributed by atoms with van der Waals surface area (Å²) in [7, 11) is 0. The van der Waals surface area contributed by atoms with Gasteiger partial charge in [-0.1, -0.05) is 11.6 Å². The van der Waals surface area contributed by atoms with E-state index in [9.17, 15) is 18.0 Å².